The topological polar surface area (TPSA) is 83.7 Å². The summed E-state index contributed by atoms with van der Waals surface area (Å²) in [6.45, 7) is 4.44. The van der Waals surface area contributed by atoms with Gasteiger partial charge in [0.25, 0.3) is 0 Å². The van der Waals surface area contributed by atoms with Crippen molar-refractivity contribution < 1.29 is 4.92 Å². The van der Waals surface area contributed by atoms with E-state index in [1.165, 1.54) is 6.21 Å². The molecule has 0 radical (unpaired) electrons. The number of halogens is 1. The number of nitrogens with zero attached hydrogens (tertiary/aromatic N) is 4. The summed E-state index contributed by atoms with van der Waals surface area (Å²) in [5.41, 5.74) is 0.937. The Morgan fingerprint density at radius 1 is 1.64 bits per heavy atom. The van der Waals surface area contributed by atoms with Crippen LogP contribution < -0.4 is 5.32 Å². The summed E-state index contributed by atoms with van der Waals surface area (Å²) in [4.78, 5) is 20.9. The summed E-state index contributed by atoms with van der Waals surface area (Å²) in [7, 11) is 0. The van der Waals surface area contributed by atoms with Crippen molar-refractivity contribution in [3.63, 3.8) is 0 Å². The van der Waals surface area contributed by atoms with Gasteiger partial charge in [0.2, 0.25) is 0 Å². The maximum atomic E-state index is 11.3. The van der Waals surface area contributed by atoms with Crippen molar-refractivity contribution in [2.24, 2.45) is 4.99 Å². The van der Waals surface area contributed by atoms with Crippen molar-refractivity contribution in [2.75, 3.05) is 19.6 Å². The molecule has 1 N–H and O–H groups in total. The Morgan fingerprint density at radius 2 is 2.45 bits per heavy atom. The maximum Gasteiger partial charge on any atom is 0.326 e. The Bertz CT molecular complexity index is 585. The van der Waals surface area contributed by atoms with Crippen LogP contribution in [0.4, 0.5) is 0 Å². The van der Waals surface area contributed by atoms with Crippen molar-refractivity contribution in [3.8, 4) is 0 Å². The average Bonchev–Trinajstić information content (AvgIpc) is 2.93. The highest BCUT2D eigenvalue weighted by Crippen LogP contribution is 2.17. The highest BCUT2D eigenvalue weighted by molar-refractivity contribution is 6.29. The van der Waals surface area contributed by atoms with E-state index in [1.807, 2.05) is 17.9 Å². The first-order chi connectivity index (χ1) is 10.6. The molecule has 7 nitrogen and oxygen atoms in total. The molecule has 2 heterocycles. The Balaban J connectivity index is 2.21. The normalized spacial score (nSPS) is 16.9. The van der Waals surface area contributed by atoms with Crippen LogP contribution in [0.5, 0.6) is 0 Å². The van der Waals surface area contributed by atoms with E-state index in [-0.39, 0.29) is 5.70 Å². The third kappa shape index (κ3) is 4.17. The summed E-state index contributed by atoms with van der Waals surface area (Å²) < 4.78 is 0. The van der Waals surface area contributed by atoms with Crippen LogP contribution in [0.25, 0.3) is 0 Å². The van der Waals surface area contributed by atoms with Gasteiger partial charge in [-0.2, -0.15) is 0 Å². The van der Waals surface area contributed by atoms with Crippen molar-refractivity contribution in [3.05, 3.63) is 50.7 Å². The Labute approximate surface area is 133 Å². The molecular formula is C14H18ClN5O2. The molecule has 0 saturated carbocycles. The second kappa shape index (κ2) is 7.74. The molecule has 1 aliphatic heterocycles. The predicted octanol–water partition coefficient (Wildman–Crippen LogP) is 2.07. The minimum absolute atomic E-state index is 0.00660. The molecule has 1 aromatic rings. The molecule has 1 fully saturated rings. The quantitative estimate of drug-likeness (QED) is 0.375. The van der Waals surface area contributed by atoms with Gasteiger partial charge in [-0.3, -0.25) is 15.1 Å². The largest absolute Gasteiger partial charge is 0.364 e. The third-order valence-corrected chi connectivity index (χ3v) is 3.38. The first-order valence-electron chi connectivity index (χ1n) is 7.09. The van der Waals surface area contributed by atoms with Gasteiger partial charge in [-0.15, -0.1) is 0 Å². The molecule has 0 unspecified atom stereocenters. The van der Waals surface area contributed by atoms with Crippen LogP contribution in [0.3, 0.4) is 0 Å². The molecule has 0 amide bonds. The lowest BCUT2D eigenvalue weighted by Gasteiger charge is -2.18. The van der Waals surface area contributed by atoms with E-state index in [2.05, 4.69) is 15.3 Å². The zero-order chi connectivity index (χ0) is 15.9. The lowest BCUT2D eigenvalue weighted by Crippen LogP contribution is -2.24. The number of aromatic nitrogens is 1. The van der Waals surface area contributed by atoms with Crippen molar-refractivity contribution in [1.82, 2.24) is 15.2 Å². The van der Waals surface area contributed by atoms with Crippen LogP contribution in [0.2, 0.25) is 5.15 Å². The third-order valence-electron chi connectivity index (χ3n) is 3.16. The first-order valence-corrected chi connectivity index (χ1v) is 7.47. The summed E-state index contributed by atoms with van der Waals surface area (Å²) in [5.74, 6) is 0.500. The van der Waals surface area contributed by atoms with E-state index < -0.39 is 4.92 Å². The van der Waals surface area contributed by atoms with E-state index >= 15 is 0 Å². The fraction of sp³-hybridized carbons (Fsp3) is 0.429. The fourth-order valence-electron chi connectivity index (χ4n) is 2.14. The van der Waals surface area contributed by atoms with E-state index in [4.69, 9.17) is 11.6 Å². The van der Waals surface area contributed by atoms with E-state index in [9.17, 15) is 10.1 Å². The number of rotatable bonds is 6. The van der Waals surface area contributed by atoms with Crippen LogP contribution in [0.15, 0.2) is 34.8 Å². The van der Waals surface area contributed by atoms with Gasteiger partial charge in [0.05, 0.1) is 4.92 Å². The van der Waals surface area contributed by atoms with E-state index in [1.54, 1.807) is 12.3 Å². The van der Waals surface area contributed by atoms with Crippen LogP contribution in [0, 0.1) is 10.1 Å². The van der Waals surface area contributed by atoms with Crippen molar-refractivity contribution >= 4 is 17.8 Å². The maximum absolute atomic E-state index is 11.3. The highest BCUT2D eigenvalue weighted by atomic mass is 35.5. The smallest absolute Gasteiger partial charge is 0.326 e. The molecule has 2 rings (SSSR count). The van der Waals surface area contributed by atoms with Gasteiger partial charge >= 0.3 is 5.70 Å². The molecule has 1 aliphatic rings. The average molecular weight is 324 g/mol. The van der Waals surface area contributed by atoms with Gasteiger partial charge in [-0.05, 0) is 18.1 Å². The zero-order valence-corrected chi connectivity index (χ0v) is 13.1. The summed E-state index contributed by atoms with van der Waals surface area (Å²) in [6, 6.07) is 3.57. The first kappa shape index (κ1) is 16.2. The number of nitro groups is 1. The number of nitrogens with one attached hydrogen (secondary N) is 1. The van der Waals surface area contributed by atoms with Gasteiger partial charge in [-0.1, -0.05) is 24.6 Å². The molecule has 1 saturated heterocycles. The number of pyridine rings is 1. The molecule has 1 aromatic heterocycles. The van der Waals surface area contributed by atoms with E-state index in [0.29, 0.717) is 37.2 Å². The van der Waals surface area contributed by atoms with Gasteiger partial charge < -0.3 is 10.2 Å². The Hall–Kier alpha value is -2.15. The van der Waals surface area contributed by atoms with Crippen LogP contribution in [-0.2, 0) is 6.54 Å². The standard InChI is InChI=1S/C14H18ClN5O2/c1-2-5-16-9-12(20(21)22)14-17-6-7-19(14)10-11-3-4-13(15)18-8-11/h3-4,8-9,17H,2,5-7,10H2,1H3/b14-12-,16-9?. The van der Waals surface area contributed by atoms with Gasteiger partial charge in [0, 0.05) is 32.4 Å². The molecule has 0 spiro atoms. The van der Waals surface area contributed by atoms with Crippen molar-refractivity contribution in [1.29, 1.82) is 0 Å². The Kier molecular flexibility index (Phi) is 5.71. The number of hydrogen-bond donors (Lipinski definition) is 1. The minimum atomic E-state index is -0.403. The van der Waals surface area contributed by atoms with Crippen molar-refractivity contribution in [2.45, 2.75) is 19.9 Å². The fourth-order valence-corrected chi connectivity index (χ4v) is 2.25. The highest BCUT2D eigenvalue weighted by Gasteiger charge is 2.26. The SMILES string of the molecule is CCCN=C/C(=C1\NCCN1Cc1ccc(Cl)nc1)[N+](=O)[O-]. The summed E-state index contributed by atoms with van der Waals surface area (Å²) in [5, 5.41) is 14.8. The monoisotopic (exact) mass is 323 g/mol. The lowest BCUT2D eigenvalue weighted by molar-refractivity contribution is -0.416. The molecule has 0 bridgehead atoms. The number of allylic oxidation sites excluding steroid dienone is 1. The Morgan fingerprint density at radius 3 is 3.09 bits per heavy atom. The summed E-state index contributed by atoms with van der Waals surface area (Å²) in [6.07, 6.45) is 3.87. The van der Waals surface area contributed by atoms with E-state index in [0.717, 1.165) is 12.0 Å². The number of hydrogen-bond acceptors (Lipinski definition) is 6. The number of aliphatic imine (C=N–C) groups is 1. The van der Waals surface area contributed by atoms with Crippen LogP contribution >= 0.6 is 11.6 Å². The predicted molar refractivity (Wildman–Crippen MR) is 85.3 cm³/mol. The van der Waals surface area contributed by atoms with Crippen LogP contribution in [-0.4, -0.2) is 40.7 Å². The molecule has 0 aliphatic carbocycles. The molecule has 22 heavy (non-hydrogen) atoms. The van der Waals surface area contributed by atoms with Crippen LogP contribution in [0.1, 0.15) is 18.9 Å². The molecule has 8 heteroatoms. The van der Waals surface area contributed by atoms with Gasteiger partial charge in [0.15, 0.2) is 5.82 Å². The molecule has 0 aromatic carbocycles. The molecule has 118 valence electrons. The second-order valence-electron chi connectivity index (χ2n) is 4.86. The summed E-state index contributed by atoms with van der Waals surface area (Å²) >= 11 is 5.77. The minimum Gasteiger partial charge on any atom is -0.364 e. The molecule has 0 atom stereocenters. The molecular weight excluding hydrogens is 306 g/mol. The lowest BCUT2D eigenvalue weighted by atomic mass is 10.2. The second-order valence-corrected chi connectivity index (χ2v) is 5.25. The van der Waals surface area contributed by atoms with Gasteiger partial charge in [-0.25, -0.2) is 4.98 Å². The zero-order valence-electron chi connectivity index (χ0n) is 12.3. The van der Waals surface area contributed by atoms with Gasteiger partial charge in [0.1, 0.15) is 11.4 Å².